The predicted molar refractivity (Wildman–Crippen MR) is 45.9 cm³/mol. The molecule has 1 amide bonds. The van der Waals surface area contributed by atoms with Crippen molar-refractivity contribution in [3.05, 3.63) is 29.8 Å². The van der Waals surface area contributed by atoms with Crippen molar-refractivity contribution in [1.29, 1.82) is 0 Å². The fraction of sp³-hybridized carbons (Fsp3) is 0.222. The highest BCUT2D eigenvalue weighted by atomic mass is 19.4. The first kappa shape index (κ1) is 13.3. The van der Waals surface area contributed by atoms with E-state index in [9.17, 15) is 31.1 Å². The first-order chi connectivity index (χ1) is 7.71. The first-order valence-electron chi connectivity index (χ1n) is 4.18. The Morgan fingerprint density at radius 2 is 1.82 bits per heavy atom. The van der Waals surface area contributed by atoms with E-state index < -0.39 is 35.6 Å². The SMILES string of the molecule is O=C(Nc1ccc(F)cc1F)[C@@H](F)C(F)(F)F. The van der Waals surface area contributed by atoms with Crippen LogP contribution in [0, 0.1) is 11.6 Å². The zero-order valence-corrected chi connectivity index (χ0v) is 7.99. The van der Waals surface area contributed by atoms with Crippen LogP contribution in [-0.2, 0) is 4.79 Å². The third kappa shape index (κ3) is 3.36. The van der Waals surface area contributed by atoms with Crippen LogP contribution in [0.3, 0.4) is 0 Å². The lowest BCUT2D eigenvalue weighted by molar-refractivity contribution is -0.183. The summed E-state index contributed by atoms with van der Waals surface area (Å²) in [6, 6.07) is 1.74. The van der Waals surface area contributed by atoms with E-state index in [1.165, 1.54) is 5.32 Å². The van der Waals surface area contributed by atoms with Gasteiger partial charge >= 0.3 is 6.18 Å². The standard InChI is InChI=1S/C9H5F6NO/c10-4-1-2-6(5(11)3-4)16-8(17)7(12)9(13,14)15/h1-3,7H,(H,16,17)/t7-/m1/s1. The summed E-state index contributed by atoms with van der Waals surface area (Å²) in [7, 11) is 0. The van der Waals surface area contributed by atoms with Gasteiger partial charge in [-0.3, -0.25) is 4.79 Å². The summed E-state index contributed by atoms with van der Waals surface area (Å²) < 4.78 is 73.1. The average molecular weight is 257 g/mol. The Labute approximate surface area is 91.2 Å². The summed E-state index contributed by atoms with van der Waals surface area (Å²) in [4.78, 5) is 10.7. The van der Waals surface area contributed by atoms with Crippen molar-refractivity contribution in [3.63, 3.8) is 0 Å². The Kier molecular flexibility index (Phi) is 3.64. The Hall–Kier alpha value is -1.73. The maximum Gasteiger partial charge on any atom is 0.428 e. The van der Waals surface area contributed by atoms with E-state index in [-0.39, 0.29) is 0 Å². The molecule has 0 unspecified atom stereocenters. The molecule has 94 valence electrons. The van der Waals surface area contributed by atoms with E-state index in [1.807, 2.05) is 0 Å². The van der Waals surface area contributed by atoms with Crippen molar-refractivity contribution in [3.8, 4) is 0 Å². The number of benzene rings is 1. The fourth-order valence-corrected chi connectivity index (χ4v) is 0.936. The van der Waals surface area contributed by atoms with Gasteiger partial charge in [0.1, 0.15) is 11.6 Å². The normalized spacial score (nSPS) is 13.3. The van der Waals surface area contributed by atoms with Gasteiger partial charge in [0.15, 0.2) is 0 Å². The highest BCUT2D eigenvalue weighted by Crippen LogP contribution is 2.24. The molecule has 0 heterocycles. The largest absolute Gasteiger partial charge is 0.428 e. The van der Waals surface area contributed by atoms with E-state index in [4.69, 9.17) is 0 Å². The molecule has 0 spiro atoms. The third-order valence-electron chi connectivity index (χ3n) is 1.71. The van der Waals surface area contributed by atoms with Crippen molar-refractivity contribution in [2.75, 3.05) is 5.32 Å². The minimum Gasteiger partial charge on any atom is -0.321 e. The van der Waals surface area contributed by atoms with Crippen molar-refractivity contribution in [2.45, 2.75) is 12.3 Å². The Morgan fingerprint density at radius 3 is 2.29 bits per heavy atom. The molecule has 0 saturated heterocycles. The van der Waals surface area contributed by atoms with Crippen molar-refractivity contribution >= 4 is 11.6 Å². The molecular weight excluding hydrogens is 252 g/mol. The molecule has 0 saturated carbocycles. The van der Waals surface area contributed by atoms with E-state index in [0.29, 0.717) is 18.2 Å². The van der Waals surface area contributed by atoms with Gasteiger partial charge in [0.05, 0.1) is 5.69 Å². The first-order valence-corrected chi connectivity index (χ1v) is 4.18. The number of carbonyl (C=O) groups excluding carboxylic acids is 1. The summed E-state index contributed by atoms with van der Waals surface area (Å²) in [5.74, 6) is -4.34. The van der Waals surface area contributed by atoms with Gasteiger partial charge in [-0.05, 0) is 12.1 Å². The molecule has 0 bridgehead atoms. The quantitative estimate of drug-likeness (QED) is 0.811. The zero-order chi connectivity index (χ0) is 13.2. The van der Waals surface area contributed by atoms with Crippen LogP contribution in [0.2, 0.25) is 0 Å². The van der Waals surface area contributed by atoms with Gasteiger partial charge in [0.2, 0.25) is 0 Å². The number of rotatable bonds is 2. The van der Waals surface area contributed by atoms with Crippen LogP contribution in [0.15, 0.2) is 18.2 Å². The maximum absolute atomic E-state index is 12.9. The van der Waals surface area contributed by atoms with E-state index >= 15 is 0 Å². The van der Waals surface area contributed by atoms with Crippen molar-refractivity contribution in [1.82, 2.24) is 0 Å². The zero-order valence-electron chi connectivity index (χ0n) is 7.99. The van der Waals surface area contributed by atoms with E-state index in [0.717, 1.165) is 0 Å². The number of hydrogen-bond acceptors (Lipinski definition) is 1. The summed E-state index contributed by atoms with van der Waals surface area (Å²) in [5.41, 5.74) is -0.733. The van der Waals surface area contributed by atoms with Crippen LogP contribution in [0.4, 0.5) is 32.0 Å². The van der Waals surface area contributed by atoms with Crippen LogP contribution in [0.1, 0.15) is 0 Å². The fourth-order valence-electron chi connectivity index (χ4n) is 0.936. The van der Waals surface area contributed by atoms with Crippen LogP contribution < -0.4 is 5.32 Å². The monoisotopic (exact) mass is 257 g/mol. The van der Waals surface area contributed by atoms with Gasteiger partial charge in [-0.1, -0.05) is 0 Å². The summed E-state index contributed by atoms with van der Waals surface area (Å²) in [5, 5.41) is 1.37. The molecule has 0 aliphatic carbocycles. The average Bonchev–Trinajstić information content (AvgIpc) is 2.19. The topological polar surface area (TPSA) is 29.1 Å². The van der Waals surface area contributed by atoms with Crippen molar-refractivity contribution < 1.29 is 31.1 Å². The van der Waals surface area contributed by atoms with Gasteiger partial charge in [-0.15, -0.1) is 0 Å². The lowest BCUT2D eigenvalue weighted by atomic mass is 10.2. The van der Waals surface area contributed by atoms with Crippen molar-refractivity contribution in [2.24, 2.45) is 0 Å². The third-order valence-corrected chi connectivity index (χ3v) is 1.71. The van der Waals surface area contributed by atoms with Crippen LogP contribution in [0.25, 0.3) is 0 Å². The molecule has 0 aliphatic heterocycles. The number of carbonyl (C=O) groups is 1. The molecule has 0 fully saturated rings. The van der Waals surface area contributed by atoms with Crippen LogP contribution in [-0.4, -0.2) is 18.3 Å². The minimum atomic E-state index is -5.37. The highest BCUT2D eigenvalue weighted by molar-refractivity contribution is 5.94. The predicted octanol–water partition coefficient (Wildman–Crippen LogP) is 2.80. The second-order valence-corrected chi connectivity index (χ2v) is 3.02. The van der Waals surface area contributed by atoms with Crippen LogP contribution >= 0.6 is 0 Å². The minimum absolute atomic E-state index is 0.344. The van der Waals surface area contributed by atoms with Gasteiger partial charge in [-0.2, -0.15) is 13.2 Å². The molecule has 0 aliphatic rings. The number of hydrogen-bond donors (Lipinski definition) is 1. The Morgan fingerprint density at radius 1 is 1.24 bits per heavy atom. The highest BCUT2D eigenvalue weighted by Gasteiger charge is 2.45. The number of halogens is 6. The number of amides is 1. The molecule has 8 heteroatoms. The molecule has 0 aromatic heterocycles. The van der Waals surface area contributed by atoms with Gasteiger partial charge in [-0.25, -0.2) is 13.2 Å². The van der Waals surface area contributed by atoms with Gasteiger partial charge in [0, 0.05) is 6.07 Å². The Balaban J connectivity index is 2.82. The van der Waals surface area contributed by atoms with E-state index in [2.05, 4.69) is 0 Å². The lowest BCUT2D eigenvalue weighted by Gasteiger charge is -2.12. The summed E-state index contributed by atoms with van der Waals surface area (Å²) >= 11 is 0. The maximum atomic E-state index is 12.9. The lowest BCUT2D eigenvalue weighted by Crippen LogP contribution is -2.37. The number of anilines is 1. The Bertz CT molecular complexity index is 430. The van der Waals surface area contributed by atoms with E-state index in [1.54, 1.807) is 0 Å². The second kappa shape index (κ2) is 4.64. The summed E-state index contributed by atoms with van der Waals surface area (Å²) in [6.07, 6.45) is -9.15. The second-order valence-electron chi connectivity index (χ2n) is 3.02. The molecule has 1 N–H and O–H groups in total. The molecule has 2 nitrogen and oxygen atoms in total. The van der Waals surface area contributed by atoms with Crippen LogP contribution in [0.5, 0.6) is 0 Å². The molecule has 1 rings (SSSR count). The van der Waals surface area contributed by atoms with Gasteiger partial charge in [0.25, 0.3) is 12.1 Å². The number of nitrogens with one attached hydrogen (secondary N) is 1. The smallest absolute Gasteiger partial charge is 0.321 e. The number of alkyl halides is 4. The molecule has 1 aromatic carbocycles. The summed E-state index contributed by atoms with van der Waals surface area (Å²) in [6.45, 7) is 0. The van der Waals surface area contributed by atoms with Gasteiger partial charge < -0.3 is 5.32 Å². The molecule has 1 atom stereocenters. The molecule has 1 aromatic rings. The molecule has 17 heavy (non-hydrogen) atoms. The molecule has 0 radical (unpaired) electrons. The molecular formula is C9H5F6NO.